The lowest BCUT2D eigenvalue weighted by Gasteiger charge is -2.37. The van der Waals surface area contributed by atoms with Crippen LogP contribution >= 0.6 is 0 Å². The van der Waals surface area contributed by atoms with Crippen LogP contribution in [0.15, 0.2) is 42.2 Å². The van der Waals surface area contributed by atoms with Gasteiger partial charge in [-0.15, -0.1) is 0 Å². The number of anilines is 1. The van der Waals surface area contributed by atoms with Gasteiger partial charge < -0.3 is 20.6 Å². The van der Waals surface area contributed by atoms with Crippen LogP contribution in [0.2, 0.25) is 0 Å². The molecule has 0 bridgehead atoms. The number of aryl methyl sites for hydroxylation is 2. The molecule has 1 aromatic carbocycles. The molecular formula is C22H29N5O. The zero-order valence-corrected chi connectivity index (χ0v) is 16.7. The van der Waals surface area contributed by atoms with Crippen molar-refractivity contribution in [1.29, 1.82) is 0 Å². The molecule has 0 saturated carbocycles. The van der Waals surface area contributed by atoms with Crippen LogP contribution in [0, 0.1) is 6.92 Å². The van der Waals surface area contributed by atoms with Crippen molar-refractivity contribution in [2.45, 2.75) is 39.0 Å². The van der Waals surface area contributed by atoms with Crippen LogP contribution in [-0.2, 0) is 12.8 Å². The fourth-order valence-electron chi connectivity index (χ4n) is 4.21. The standard InChI is InChI=1S/C22H29N5O/c1-15-3-6-17(7-4-15)13-18(23)22(28)27-11-9-26(10-12-27)21-20-16(2)5-8-19(20)24-14-25-21/h3-4,6-7,14,16,28H,5,8-13,23H2,1-2H3/b22-18-. The fourth-order valence-corrected chi connectivity index (χ4v) is 4.21. The Hall–Kier alpha value is -2.76. The highest BCUT2D eigenvalue weighted by molar-refractivity contribution is 5.52. The summed E-state index contributed by atoms with van der Waals surface area (Å²) < 4.78 is 0. The predicted octanol–water partition coefficient (Wildman–Crippen LogP) is 2.89. The summed E-state index contributed by atoms with van der Waals surface area (Å²) in [7, 11) is 0. The molecule has 6 heteroatoms. The SMILES string of the molecule is Cc1ccc(C/C(N)=C(/O)N2CCN(c3ncnc4c3C(C)CC4)CC2)cc1. The molecule has 2 heterocycles. The van der Waals surface area contributed by atoms with Crippen molar-refractivity contribution in [3.63, 3.8) is 0 Å². The molecule has 1 aromatic heterocycles. The van der Waals surface area contributed by atoms with Crippen LogP contribution in [-0.4, -0.2) is 46.2 Å². The van der Waals surface area contributed by atoms with Gasteiger partial charge in [-0.3, -0.25) is 0 Å². The second kappa shape index (κ2) is 7.70. The number of hydrogen-bond acceptors (Lipinski definition) is 6. The maximum atomic E-state index is 10.6. The van der Waals surface area contributed by atoms with Crippen LogP contribution in [0.3, 0.4) is 0 Å². The van der Waals surface area contributed by atoms with E-state index in [1.807, 2.05) is 4.90 Å². The summed E-state index contributed by atoms with van der Waals surface area (Å²) in [4.78, 5) is 13.4. The van der Waals surface area contributed by atoms with Crippen molar-refractivity contribution in [1.82, 2.24) is 14.9 Å². The monoisotopic (exact) mass is 379 g/mol. The molecule has 148 valence electrons. The van der Waals surface area contributed by atoms with E-state index in [-0.39, 0.29) is 5.88 Å². The number of piperazine rings is 1. The number of aliphatic hydroxyl groups is 1. The highest BCUT2D eigenvalue weighted by Crippen LogP contribution is 2.37. The summed E-state index contributed by atoms with van der Waals surface area (Å²) in [6.45, 7) is 7.42. The van der Waals surface area contributed by atoms with Gasteiger partial charge in [-0.1, -0.05) is 36.8 Å². The van der Waals surface area contributed by atoms with Gasteiger partial charge in [0.15, 0.2) is 0 Å². The number of nitrogens with two attached hydrogens (primary N) is 1. The first-order valence-corrected chi connectivity index (χ1v) is 10.1. The number of fused-ring (bicyclic) bond motifs is 1. The third-order valence-corrected chi connectivity index (χ3v) is 5.93. The topological polar surface area (TPSA) is 78.5 Å². The molecule has 2 aromatic rings. The van der Waals surface area contributed by atoms with E-state index in [2.05, 4.69) is 53.0 Å². The first kappa shape index (κ1) is 18.6. The Kier molecular flexibility index (Phi) is 5.11. The third-order valence-electron chi connectivity index (χ3n) is 5.93. The van der Waals surface area contributed by atoms with Crippen molar-refractivity contribution in [2.75, 3.05) is 31.1 Å². The number of aromatic nitrogens is 2. The second-order valence-corrected chi connectivity index (χ2v) is 7.98. The van der Waals surface area contributed by atoms with Gasteiger partial charge in [0.2, 0.25) is 5.88 Å². The summed E-state index contributed by atoms with van der Waals surface area (Å²) in [5.74, 6) is 1.80. The van der Waals surface area contributed by atoms with Crippen LogP contribution < -0.4 is 10.6 Å². The van der Waals surface area contributed by atoms with Gasteiger partial charge in [0, 0.05) is 43.9 Å². The van der Waals surface area contributed by atoms with E-state index >= 15 is 0 Å². The van der Waals surface area contributed by atoms with Gasteiger partial charge >= 0.3 is 0 Å². The number of hydrogen-bond donors (Lipinski definition) is 2. The molecule has 1 aliphatic heterocycles. The molecule has 6 nitrogen and oxygen atoms in total. The highest BCUT2D eigenvalue weighted by Gasteiger charge is 2.29. The first-order valence-electron chi connectivity index (χ1n) is 10.1. The maximum Gasteiger partial charge on any atom is 0.206 e. The molecule has 4 rings (SSSR count). The minimum atomic E-state index is 0.210. The van der Waals surface area contributed by atoms with Gasteiger partial charge in [0.1, 0.15) is 12.1 Å². The smallest absolute Gasteiger partial charge is 0.206 e. The van der Waals surface area contributed by atoms with Crippen molar-refractivity contribution < 1.29 is 5.11 Å². The summed E-state index contributed by atoms with van der Waals surface area (Å²) in [5.41, 5.74) is 11.6. The molecule has 2 aliphatic rings. The third kappa shape index (κ3) is 3.63. The van der Waals surface area contributed by atoms with Crippen molar-refractivity contribution in [2.24, 2.45) is 5.73 Å². The Morgan fingerprint density at radius 2 is 1.86 bits per heavy atom. The Bertz CT molecular complexity index is 869. The first-order chi connectivity index (χ1) is 13.5. The highest BCUT2D eigenvalue weighted by atomic mass is 16.3. The Morgan fingerprint density at radius 3 is 2.57 bits per heavy atom. The molecular weight excluding hydrogens is 350 g/mol. The average molecular weight is 380 g/mol. The molecule has 1 fully saturated rings. The van der Waals surface area contributed by atoms with E-state index in [9.17, 15) is 5.11 Å². The summed E-state index contributed by atoms with van der Waals surface area (Å²) in [6, 6.07) is 8.26. The summed E-state index contributed by atoms with van der Waals surface area (Å²) >= 11 is 0. The quantitative estimate of drug-likeness (QED) is 0.796. The summed E-state index contributed by atoms with van der Waals surface area (Å²) in [5, 5.41) is 10.6. The number of allylic oxidation sites excluding steroid dienone is 1. The van der Waals surface area contributed by atoms with Crippen LogP contribution in [0.5, 0.6) is 0 Å². The molecule has 1 aliphatic carbocycles. The van der Waals surface area contributed by atoms with Crippen molar-refractivity contribution >= 4 is 5.82 Å². The zero-order chi connectivity index (χ0) is 19.7. The Morgan fingerprint density at radius 1 is 1.14 bits per heavy atom. The van der Waals surface area contributed by atoms with Crippen LogP contribution in [0.1, 0.15) is 41.6 Å². The van der Waals surface area contributed by atoms with Gasteiger partial charge in [0.25, 0.3) is 0 Å². The molecule has 28 heavy (non-hydrogen) atoms. The molecule has 1 unspecified atom stereocenters. The summed E-state index contributed by atoms with van der Waals surface area (Å²) in [6.07, 6.45) is 4.45. The minimum Gasteiger partial charge on any atom is -0.493 e. The van der Waals surface area contributed by atoms with E-state index in [0.717, 1.165) is 50.4 Å². The largest absolute Gasteiger partial charge is 0.493 e. The molecule has 3 N–H and O–H groups in total. The van der Waals surface area contributed by atoms with E-state index < -0.39 is 0 Å². The zero-order valence-electron chi connectivity index (χ0n) is 16.7. The van der Waals surface area contributed by atoms with E-state index in [1.54, 1.807) is 6.33 Å². The van der Waals surface area contributed by atoms with Crippen molar-refractivity contribution in [3.8, 4) is 0 Å². The number of benzene rings is 1. The van der Waals surface area contributed by atoms with E-state index in [0.29, 0.717) is 18.0 Å². The lowest BCUT2D eigenvalue weighted by molar-refractivity contribution is 0.186. The van der Waals surface area contributed by atoms with Gasteiger partial charge in [-0.05, 0) is 31.2 Å². The number of aliphatic hydroxyl groups excluding tert-OH is 1. The van der Waals surface area contributed by atoms with E-state index in [4.69, 9.17) is 5.73 Å². The number of rotatable bonds is 4. The van der Waals surface area contributed by atoms with E-state index in [1.165, 1.54) is 16.8 Å². The van der Waals surface area contributed by atoms with Gasteiger partial charge in [0.05, 0.1) is 5.70 Å². The predicted molar refractivity (Wildman–Crippen MR) is 111 cm³/mol. The Labute approximate surface area is 166 Å². The minimum absolute atomic E-state index is 0.210. The normalized spacial score (nSPS) is 20.1. The molecule has 0 spiro atoms. The fraction of sp³-hybridized carbons (Fsp3) is 0.455. The van der Waals surface area contributed by atoms with Crippen LogP contribution in [0.4, 0.5) is 5.82 Å². The van der Waals surface area contributed by atoms with Gasteiger partial charge in [-0.2, -0.15) is 0 Å². The lowest BCUT2D eigenvalue weighted by Crippen LogP contribution is -2.47. The maximum absolute atomic E-state index is 10.6. The van der Waals surface area contributed by atoms with Gasteiger partial charge in [-0.25, -0.2) is 9.97 Å². The Balaban J connectivity index is 1.43. The lowest BCUT2D eigenvalue weighted by atomic mass is 10.1. The molecule has 1 atom stereocenters. The van der Waals surface area contributed by atoms with Crippen LogP contribution in [0.25, 0.3) is 0 Å². The molecule has 1 saturated heterocycles. The molecule has 0 radical (unpaired) electrons. The second-order valence-electron chi connectivity index (χ2n) is 7.98. The van der Waals surface area contributed by atoms with Crippen molar-refractivity contribution in [3.05, 3.63) is 64.6 Å². The number of nitrogens with zero attached hydrogens (tertiary/aromatic N) is 4. The molecule has 0 amide bonds. The average Bonchev–Trinajstić information content (AvgIpc) is 3.10.